The molecule has 0 amide bonds. The van der Waals surface area contributed by atoms with Gasteiger partial charge in [-0.2, -0.15) is 0 Å². The minimum Gasteiger partial charge on any atom is -0.304 e. The van der Waals surface area contributed by atoms with Crippen LogP contribution in [0.5, 0.6) is 0 Å². The number of aromatic nitrogens is 1. The zero-order valence-corrected chi connectivity index (χ0v) is 12.5. The van der Waals surface area contributed by atoms with Gasteiger partial charge in [-0.1, -0.05) is 57.0 Å². The topological polar surface area (TPSA) is 24.9 Å². The average molecular weight is 274 g/mol. The van der Waals surface area contributed by atoms with Gasteiger partial charge in [0.1, 0.15) is 0 Å². The molecular formula is C16H22N2S. The summed E-state index contributed by atoms with van der Waals surface area (Å²) in [5, 5.41) is 5.80. The summed E-state index contributed by atoms with van der Waals surface area (Å²) in [6.07, 6.45) is 2.39. The molecule has 0 saturated carbocycles. The van der Waals surface area contributed by atoms with Gasteiger partial charge in [-0.15, -0.1) is 11.3 Å². The molecule has 0 aliphatic heterocycles. The summed E-state index contributed by atoms with van der Waals surface area (Å²) in [5.74, 6) is 0.668. The second-order valence-corrected chi connectivity index (χ2v) is 5.54. The summed E-state index contributed by atoms with van der Waals surface area (Å²) in [5.41, 5.74) is 4.41. The van der Waals surface area contributed by atoms with Crippen LogP contribution in [0.15, 0.2) is 41.2 Å². The lowest BCUT2D eigenvalue weighted by Gasteiger charge is -2.27. The van der Waals surface area contributed by atoms with E-state index in [2.05, 4.69) is 59.9 Å². The molecule has 2 nitrogen and oxygen atoms in total. The molecular weight excluding hydrogens is 252 g/mol. The second kappa shape index (κ2) is 7.41. The van der Waals surface area contributed by atoms with Crippen LogP contribution in [0.4, 0.5) is 0 Å². The number of nitrogens with one attached hydrogen (secondary N) is 1. The molecule has 1 heterocycles. The molecule has 0 aliphatic carbocycles. The first-order chi connectivity index (χ1) is 9.35. The van der Waals surface area contributed by atoms with Crippen LogP contribution in [-0.4, -0.2) is 4.98 Å². The third kappa shape index (κ3) is 3.88. The number of hydrogen-bond donors (Lipinski definition) is 1. The van der Waals surface area contributed by atoms with E-state index in [1.807, 2.05) is 5.51 Å². The van der Waals surface area contributed by atoms with Crippen molar-refractivity contribution < 1.29 is 0 Å². The lowest BCUT2D eigenvalue weighted by molar-refractivity contribution is 0.338. The van der Waals surface area contributed by atoms with Crippen molar-refractivity contribution in [3.05, 3.63) is 52.5 Å². The number of nitrogens with zero attached hydrogens (tertiary/aromatic N) is 1. The average Bonchev–Trinajstić information content (AvgIpc) is 2.97. The van der Waals surface area contributed by atoms with Gasteiger partial charge in [0.05, 0.1) is 11.2 Å². The van der Waals surface area contributed by atoms with E-state index in [9.17, 15) is 0 Å². The molecule has 2 aromatic rings. The Hall–Kier alpha value is -1.19. The third-order valence-corrected chi connectivity index (χ3v) is 4.30. The standard InChI is InChI=1S/C16H22N2S/c1-3-13(4-2)16(14-8-6-5-7-9-14)17-10-15-11-19-12-18-15/h5-9,11-13,16-17H,3-4,10H2,1-2H3. The highest BCUT2D eigenvalue weighted by Gasteiger charge is 2.19. The summed E-state index contributed by atoms with van der Waals surface area (Å²) >= 11 is 1.66. The minimum atomic E-state index is 0.415. The first-order valence-electron chi connectivity index (χ1n) is 7.00. The summed E-state index contributed by atoms with van der Waals surface area (Å²) < 4.78 is 0. The molecule has 2 rings (SSSR count). The van der Waals surface area contributed by atoms with E-state index in [-0.39, 0.29) is 0 Å². The van der Waals surface area contributed by atoms with Gasteiger partial charge in [0.25, 0.3) is 0 Å². The Morgan fingerprint density at radius 3 is 2.47 bits per heavy atom. The molecule has 1 aromatic carbocycles. The van der Waals surface area contributed by atoms with Crippen molar-refractivity contribution >= 4 is 11.3 Å². The maximum absolute atomic E-state index is 4.35. The van der Waals surface area contributed by atoms with Crippen molar-refractivity contribution in [2.45, 2.75) is 39.3 Å². The lowest BCUT2D eigenvalue weighted by Crippen LogP contribution is -2.27. The maximum atomic E-state index is 4.35. The van der Waals surface area contributed by atoms with Crippen LogP contribution in [-0.2, 0) is 6.54 Å². The van der Waals surface area contributed by atoms with Crippen LogP contribution in [0.1, 0.15) is 44.0 Å². The van der Waals surface area contributed by atoms with Gasteiger partial charge in [-0.25, -0.2) is 4.98 Å². The molecule has 1 aromatic heterocycles. The van der Waals surface area contributed by atoms with Crippen LogP contribution in [0.3, 0.4) is 0 Å². The summed E-state index contributed by atoms with van der Waals surface area (Å²) in [6, 6.07) is 11.2. The van der Waals surface area contributed by atoms with Gasteiger partial charge >= 0.3 is 0 Å². The smallest absolute Gasteiger partial charge is 0.0795 e. The van der Waals surface area contributed by atoms with Crippen LogP contribution < -0.4 is 5.32 Å². The van der Waals surface area contributed by atoms with Gasteiger partial charge in [0.2, 0.25) is 0 Å². The molecule has 1 atom stereocenters. The van der Waals surface area contributed by atoms with Crippen molar-refractivity contribution in [2.75, 3.05) is 0 Å². The van der Waals surface area contributed by atoms with Gasteiger partial charge in [-0.3, -0.25) is 0 Å². The van der Waals surface area contributed by atoms with E-state index in [0.29, 0.717) is 12.0 Å². The summed E-state index contributed by atoms with van der Waals surface area (Å²) in [7, 11) is 0. The highest BCUT2D eigenvalue weighted by Crippen LogP contribution is 2.27. The largest absolute Gasteiger partial charge is 0.304 e. The van der Waals surface area contributed by atoms with Crippen LogP contribution in [0, 0.1) is 5.92 Å². The molecule has 0 spiro atoms. The zero-order valence-electron chi connectivity index (χ0n) is 11.7. The Bertz CT molecular complexity index is 449. The molecule has 0 radical (unpaired) electrons. The minimum absolute atomic E-state index is 0.415. The highest BCUT2D eigenvalue weighted by molar-refractivity contribution is 7.07. The maximum Gasteiger partial charge on any atom is 0.0795 e. The van der Waals surface area contributed by atoms with Crippen molar-refractivity contribution in [1.82, 2.24) is 10.3 Å². The van der Waals surface area contributed by atoms with Crippen molar-refractivity contribution in [1.29, 1.82) is 0 Å². The van der Waals surface area contributed by atoms with Crippen LogP contribution >= 0.6 is 11.3 Å². The van der Waals surface area contributed by atoms with E-state index in [0.717, 1.165) is 12.2 Å². The molecule has 3 heteroatoms. The van der Waals surface area contributed by atoms with E-state index in [4.69, 9.17) is 0 Å². The number of benzene rings is 1. The molecule has 0 bridgehead atoms. The zero-order chi connectivity index (χ0) is 13.5. The molecule has 19 heavy (non-hydrogen) atoms. The Morgan fingerprint density at radius 1 is 1.16 bits per heavy atom. The number of hydrogen-bond acceptors (Lipinski definition) is 3. The molecule has 1 N–H and O–H groups in total. The molecule has 0 fully saturated rings. The first-order valence-corrected chi connectivity index (χ1v) is 7.94. The Labute approximate surface area is 119 Å². The third-order valence-electron chi connectivity index (χ3n) is 3.67. The lowest BCUT2D eigenvalue weighted by atomic mass is 9.89. The van der Waals surface area contributed by atoms with E-state index < -0.39 is 0 Å². The molecule has 0 aliphatic rings. The van der Waals surface area contributed by atoms with E-state index in [1.165, 1.54) is 18.4 Å². The van der Waals surface area contributed by atoms with Gasteiger partial charge in [-0.05, 0) is 11.5 Å². The van der Waals surface area contributed by atoms with E-state index >= 15 is 0 Å². The van der Waals surface area contributed by atoms with Gasteiger partial charge in [0, 0.05) is 18.0 Å². The molecule has 102 valence electrons. The predicted octanol–water partition coefficient (Wildman–Crippen LogP) is 4.41. The normalized spacial score (nSPS) is 12.8. The number of rotatable bonds is 7. The van der Waals surface area contributed by atoms with Gasteiger partial charge < -0.3 is 5.32 Å². The monoisotopic (exact) mass is 274 g/mol. The fourth-order valence-electron chi connectivity index (χ4n) is 2.52. The fourth-order valence-corrected chi connectivity index (χ4v) is 3.07. The SMILES string of the molecule is CCC(CC)C(NCc1cscn1)c1ccccc1. The number of thiazole rings is 1. The summed E-state index contributed by atoms with van der Waals surface area (Å²) in [4.78, 5) is 4.35. The van der Waals surface area contributed by atoms with Gasteiger partial charge in [0.15, 0.2) is 0 Å². The Kier molecular flexibility index (Phi) is 5.55. The predicted molar refractivity (Wildman–Crippen MR) is 82.2 cm³/mol. The Balaban J connectivity index is 2.10. The molecule has 0 saturated heterocycles. The highest BCUT2D eigenvalue weighted by atomic mass is 32.1. The summed E-state index contributed by atoms with van der Waals surface area (Å²) in [6.45, 7) is 5.39. The van der Waals surface area contributed by atoms with E-state index in [1.54, 1.807) is 11.3 Å². The van der Waals surface area contributed by atoms with Crippen LogP contribution in [0.25, 0.3) is 0 Å². The quantitative estimate of drug-likeness (QED) is 0.809. The first kappa shape index (κ1) is 14.2. The second-order valence-electron chi connectivity index (χ2n) is 4.83. The van der Waals surface area contributed by atoms with Crippen molar-refractivity contribution in [3.8, 4) is 0 Å². The van der Waals surface area contributed by atoms with Crippen LogP contribution in [0.2, 0.25) is 0 Å². The molecule has 1 unspecified atom stereocenters. The van der Waals surface area contributed by atoms with Crippen molar-refractivity contribution in [3.63, 3.8) is 0 Å². The Morgan fingerprint density at radius 2 is 1.89 bits per heavy atom. The van der Waals surface area contributed by atoms with Crippen molar-refractivity contribution in [2.24, 2.45) is 5.92 Å². The fraction of sp³-hybridized carbons (Fsp3) is 0.438.